The molecule has 0 unspecified atom stereocenters. The van der Waals surface area contributed by atoms with E-state index < -0.39 is 0 Å². The van der Waals surface area contributed by atoms with Crippen LogP contribution in [0.5, 0.6) is 0 Å². The summed E-state index contributed by atoms with van der Waals surface area (Å²) in [5, 5.41) is 12.2. The van der Waals surface area contributed by atoms with E-state index in [1.165, 1.54) is 6.07 Å². The molecular formula is C21H25FIN5. The van der Waals surface area contributed by atoms with Crippen molar-refractivity contribution in [3.63, 3.8) is 0 Å². The second-order valence-corrected chi connectivity index (χ2v) is 6.40. The average Bonchev–Trinajstić information content (AvgIpc) is 2.72. The SMILES string of the molecule is CCNC(=NCc1ccc(C#N)cc1)N1CCN(c2ccccc2F)CC1.I. The third kappa shape index (κ3) is 5.58. The minimum absolute atomic E-state index is 0. The predicted octanol–water partition coefficient (Wildman–Crippen LogP) is 3.60. The maximum absolute atomic E-state index is 14.0. The molecule has 0 saturated carbocycles. The molecule has 7 heteroatoms. The highest BCUT2D eigenvalue weighted by Crippen LogP contribution is 2.20. The summed E-state index contributed by atoms with van der Waals surface area (Å²) in [4.78, 5) is 9.03. The first kappa shape index (κ1) is 22.0. The summed E-state index contributed by atoms with van der Waals surface area (Å²) in [6.45, 7) is 6.47. The maximum atomic E-state index is 14.0. The number of benzene rings is 2. The van der Waals surface area contributed by atoms with Crippen LogP contribution in [-0.2, 0) is 6.54 Å². The van der Waals surface area contributed by atoms with Crippen molar-refractivity contribution in [2.24, 2.45) is 4.99 Å². The molecule has 1 aliphatic rings. The van der Waals surface area contributed by atoms with Gasteiger partial charge < -0.3 is 15.1 Å². The second-order valence-electron chi connectivity index (χ2n) is 6.40. The van der Waals surface area contributed by atoms with Crippen molar-refractivity contribution >= 4 is 35.6 Å². The molecule has 1 heterocycles. The van der Waals surface area contributed by atoms with E-state index in [2.05, 4.69) is 21.2 Å². The summed E-state index contributed by atoms with van der Waals surface area (Å²) in [7, 11) is 0. The predicted molar refractivity (Wildman–Crippen MR) is 122 cm³/mol. The summed E-state index contributed by atoms with van der Waals surface area (Å²) < 4.78 is 14.0. The molecule has 148 valence electrons. The van der Waals surface area contributed by atoms with Crippen LogP contribution in [0.1, 0.15) is 18.1 Å². The molecule has 28 heavy (non-hydrogen) atoms. The molecule has 0 amide bonds. The van der Waals surface area contributed by atoms with Gasteiger partial charge in [0.15, 0.2) is 5.96 Å². The normalized spacial score (nSPS) is 14.2. The van der Waals surface area contributed by atoms with Crippen LogP contribution >= 0.6 is 24.0 Å². The summed E-state index contributed by atoms with van der Waals surface area (Å²) in [5.74, 6) is 0.697. The Bertz CT molecular complexity index is 823. The fourth-order valence-corrected chi connectivity index (χ4v) is 3.14. The highest BCUT2D eigenvalue weighted by atomic mass is 127. The number of rotatable bonds is 4. The average molecular weight is 493 g/mol. The third-order valence-corrected chi connectivity index (χ3v) is 4.60. The number of piperazine rings is 1. The number of hydrogen-bond acceptors (Lipinski definition) is 3. The zero-order valence-corrected chi connectivity index (χ0v) is 18.3. The first-order valence-electron chi connectivity index (χ1n) is 9.23. The second kappa shape index (κ2) is 10.9. The van der Waals surface area contributed by atoms with Gasteiger partial charge in [-0.15, -0.1) is 24.0 Å². The monoisotopic (exact) mass is 493 g/mol. The van der Waals surface area contributed by atoms with Crippen LogP contribution in [0.25, 0.3) is 0 Å². The quantitative estimate of drug-likeness (QED) is 0.402. The molecule has 0 spiro atoms. The molecule has 0 radical (unpaired) electrons. The number of anilines is 1. The Hall–Kier alpha value is -2.34. The van der Waals surface area contributed by atoms with E-state index in [9.17, 15) is 4.39 Å². The van der Waals surface area contributed by atoms with Crippen LogP contribution in [0, 0.1) is 17.1 Å². The van der Waals surface area contributed by atoms with Crippen LogP contribution in [0.15, 0.2) is 53.5 Å². The lowest BCUT2D eigenvalue weighted by atomic mass is 10.1. The first-order chi connectivity index (χ1) is 13.2. The van der Waals surface area contributed by atoms with Crippen molar-refractivity contribution in [2.45, 2.75) is 13.5 Å². The Labute approximate surface area is 182 Å². The maximum Gasteiger partial charge on any atom is 0.194 e. The van der Waals surface area contributed by atoms with Crippen LogP contribution < -0.4 is 10.2 Å². The molecule has 0 aliphatic carbocycles. The lowest BCUT2D eigenvalue weighted by Crippen LogP contribution is -2.52. The highest BCUT2D eigenvalue weighted by molar-refractivity contribution is 14.0. The largest absolute Gasteiger partial charge is 0.366 e. The van der Waals surface area contributed by atoms with E-state index in [0.717, 1.165) is 44.2 Å². The minimum atomic E-state index is -0.174. The van der Waals surface area contributed by atoms with E-state index in [-0.39, 0.29) is 29.8 Å². The fraction of sp³-hybridized carbons (Fsp3) is 0.333. The van der Waals surface area contributed by atoms with Crippen LogP contribution in [0.4, 0.5) is 10.1 Å². The molecule has 0 aromatic heterocycles. The molecule has 5 nitrogen and oxygen atoms in total. The van der Waals surface area contributed by atoms with Crippen molar-refractivity contribution in [3.05, 3.63) is 65.5 Å². The number of hydrogen-bond donors (Lipinski definition) is 1. The number of nitriles is 1. The van der Waals surface area contributed by atoms with Gasteiger partial charge in [0.05, 0.1) is 23.9 Å². The lowest BCUT2D eigenvalue weighted by molar-refractivity contribution is 0.370. The van der Waals surface area contributed by atoms with E-state index in [1.807, 2.05) is 43.3 Å². The Morgan fingerprint density at radius 1 is 1.11 bits per heavy atom. The van der Waals surface area contributed by atoms with Gasteiger partial charge in [0.25, 0.3) is 0 Å². The van der Waals surface area contributed by atoms with E-state index in [1.54, 1.807) is 6.07 Å². The van der Waals surface area contributed by atoms with Crippen molar-refractivity contribution in [3.8, 4) is 6.07 Å². The molecule has 3 rings (SSSR count). The number of guanidine groups is 1. The zero-order valence-electron chi connectivity index (χ0n) is 15.9. The Morgan fingerprint density at radius 2 is 1.79 bits per heavy atom. The number of para-hydroxylation sites is 1. The Balaban J connectivity index is 0.00000280. The molecule has 1 saturated heterocycles. The summed E-state index contributed by atoms with van der Waals surface area (Å²) in [6, 6.07) is 16.5. The number of nitrogens with zero attached hydrogens (tertiary/aromatic N) is 4. The van der Waals surface area contributed by atoms with Crippen molar-refractivity contribution in [2.75, 3.05) is 37.6 Å². The molecule has 2 aromatic carbocycles. The van der Waals surface area contributed by atoms with Gasteiger partial charge in [0.1, 0.15) is 5.82 Å². The fourth-order valence-electron chi connectivity index (χ4n) is 3.14. The molecule has 1 N–H and O–H groups in total. The minimum Gasteiger partial charge on any atom is -0.366 e. The van der Waals surface area contributed by atoms with Crippen LogP contribution in [-0.4, -0.2) is 43.6 Å². The molecular weight excluding hydrogens is 468 g/mol. The number of halogens is 2. The van der Waals surface area contributed by atoms with Gasteiger partial charge in [0.2, 0.25) is 0 Å². The van der Waals surface area contributed by atoms with Gasteiger partial charge in [-0.1, -0.05) is 24.3 Å². The van der Waals surface area contributed by atoms with Crippen LogP contribution in [0.3, 0.4) is 0 Å². The topological polar surface area (TPSA) is 54.7 Å². The Kier molecular flexibility index (Phi) is 8.51. The molecule has 1 fully saturated rings. The molecule has 1 aliphatic heterocycles. The lowest BCUT2D eigenvalue weighted by Gasteiger charge is -2.37. The van der Waals surface area contributed by atoms with Gasteiger partial charge >= 0.3 is 0 Å². The number of nitrogens with one attached hydrogen (secondary N) is 1. The van der Waals surface area contributed by atoms with Gasteiger partial charge in [-0.2, -0.15) is 5.26 Å². The van der Waals surface area contributed by atoms with Crippen LogP contribution in [0.2, 0.25) is 0 Å². The van der Waals surface area contributed by atoms with Gasteiger partial charge in [-0.05, 0) is 36.8 Å². The van der Waals surface area contributed by atoms with Gasteiger partial charge in [0, 0.05) is 32.7 Å². The van der Waals surface area contributed by atoms with E-state index in [4.69, 9.17) is 10.3 Å². The van der Waals surface area contributed by atoms with Gasteiger partial charge in [-0.25, -0.2) is 9.38 Å². The molecule has 0 bridgehead atoms. The zero-order chi connectivity index (χ0) is 19.1. The first-order valence-corrected chi connectivity index (χ1v) is 9.23. The van der Waals surface area contributed by atoms with Crippen molar-refractivity contribution < 1.29 is 4.39 Å². The Morgan fingerprint density at radius 3 is 2.39 bits per heavy atom. The number of aliphatic imine (C=N–C) groups is 1. The smallest absolute Gasteiger partial charge is 0.194 e. The van der Waals surface area contributed by atoms with Crippen molar-refractivity contribution in [1.29, 1.82) is 5.26 Å². The summed E-state index contributed by atoms with van der Waals surface area (Å²) >= 11 is 0. The van der Waals surface area contributed by atoms with Gasteiger partial charge in [-0.3, -0.25) is 0 Å². The summed E-state index contributed by atoms with van der Waals surface area (Å²) in [5.41, 5.74) is 2.38. The van der Waals surface area contributed by atoms with E-state index >= 15 is 0 Å². The third-order valence-electron chi connectivity index (χ3n) is 4.60. The standard InChI is InChI=1S/C21H24FN5.HI/c1-2-24-21(25-16-18-9-7-17(15-23)8-10-18)27-13-11-26(12-14-27)20-6-4-3-5-19(20)22;/h3-10H,2,11-14,16H2,1H3,(H,24,25);1H. The highest BCUT2D eigenvalue weighted by Gasteiger charge is 2.21. The summed E-state index contributed by atoms with van der Waals surface area (Å²) in [6.07, 6.45) is 0. The molecule has 2 aromatic rings. The van der Waals surface area contributed by atoms with Crippen molar-refractivity contribution in [1.82, 2.24) is 10.2 Å². The van der Waals surface area contributed by atoms with E-state index in [0.29, 0.717) is 17.8 Å². The molecule has 0 atom stereocenters.